The third kappa shape index (κ3) is 2.17. The fourth-order valence-electron chi connectivity index (χ4n) is 5.33. The van der Waals surface area contributed by atoms with Crippen LogP contribution in [-0.4, -0.2) is 24.8 Å². The molecule has 2 fully saturated rings. The molecule has 1 aliphatic heterocycles. The number of carbonyl (C=O) groups excluding carboxylic acids is 1. The molecule has 0 aromatic heterocycles. The summed E-state index contributed by atoms with van der Waals surface area (Å²) < 4.78 is 12.0. The van der Waals surface area contributed by atoms with E-state index in [1.807, 2.05) is 0 Å². The Balaban J connectivity index is 1.39. The van der Waals surface area contributed by atoms with Crippen LogP contribution in [0.1, 0.15) is 36.8 Å². The van der Waals surface area contributed by atoms with E-state index in [9.17, 15) is 4.79 Å². The average molecular weight is 324 g/mol. The Hall–Kier alpha value is -1.61. The van der Waals surface area contributed by atoms with Gasteiger partial charge in [-0.25, -0.2) is 0 Å². The van der Waals surface area contributed by atoms with Crippen molar-refractivity contribution in [1.29, 1.82) is 0 Å². The van der Waals surface area contributed by atoms with Gasteiger partial charge in [-0.15, -0.1) is 0 Å². The van der Waals surface area contributed by atoms with Crippen molar-refractivity contribution in [2.75, 3.05) is 6.61 Å². The second-order valence-electron chi connectivity index (χ2n) is 8.09. The van der Waals surface area contributed by atoms with Crippen molar-refractivity contribution in [2.24, 2.45) is 17.3 Å². The van der Waals surface area contributed by atoms with E-state index in [0.29, 0.717) is 5.92 Å². The molecule has 1 saturated heterocycles. The highest BCUT2D eigenvalue weighted by Gasteiger charge is 2.61. The number of carbonyl (C=O) groups is 1. The summed E-state index contributed by atoms with van der Waals surface area (Å²) in [7, 11) is 0. The summed E-state index contributed by atoms with van der Waals surface area (Å²) in [6, 6.07) is 8.70. The van der Waals surface area contributed by atoms with E-state index in [2.05, 4.69) is 36.4 Å². The standard InChI is InChI=1S/C21H24O3/c22-20(14-6-2-1-3-7-14)24-19-18-17(13-23-18)12-21(19)10-15-8-4-5-9-16(15)11-21/h1-2,4-5,8-9,14,17-19H,3,6-7,10-13H2/t14?,17?,18-,19-/m1/s1. The first-order chi connectivity index (χ1) is 11.8. The third-order valence-electron chi connectivity index (χ3n) is 6.59. The van der Waals surface area contributed by atoms with Crippen LogP contribution in [-0.2, 0) is 27.1 Å². The predicted molar refractivity (Wildman–Crippen MR) is 90.5 cm³/mol. The number of allylic oxidation sites excluding steroid dienone is 2. The van der Waals surface area contributed by atoms with E-state index in [-0.39, 0.29) is 29.5 Å². The van der Waals surface area contributed by atoms with Gasteiger partial charge in [0.25, 0.3) is 0 Å². The summed E-state index contributed by atoms with van der Waals surface area (Å²) in [6.45, 7) is 0.836. The van der Waals surface area contributed by atoms with Crippen molar-refractivity contribution in [1.82, 2.24) is 0 Å². The van der Waals surface area contributed by atoms with E-state index in [1.54, 1.807) is 0 Å². The lowest BCUT2D eigenvalue weighted by molar-refractivity contribution is -0.185. The summed E-state index contributed by atoms with van der Waals surface area (Å²) in [5.41, 5.74) is 2.93. The van der Waals surface area contributed by atoms with Crippen LogP contribution in [0.4, 0.5) is 0 Å². The molecule has 3 aliphatic carbocycles. The molecule has 2 unspecified atom stereocenters. The SMILES string of the molecule is O=C(O[C@@H]1[C@@H]2OCC2CC12Cc1ccccc1C2)C1CC=CCC1. The molecule has 0 bridgehead atoms. The first-order valence-corrected chi connectivity index (χ1v) is 9.29. The molecule has 1 saturated carbocycles. The smallest absolute Gasteiger partial charge is 0.309 e. The zero-order valence-electron chi connectivity index (χ0n) is 13.9. The Morgan fingerprint density at radius 2 is 1.96 bits per heavy atom. The van der Waals surface area contributed by atoms with Crippen molar-refractivity contribution in [3.8, 4) is 0 Å². The molecule has 126 valence electrons. The van der Waals surface area contributed by atoms with Gasteiger partial charge in [0.05, 0.1) is 12.5 Å². The molecule has 1 aromatic carbocycles. The molecule has 0 N–H and O–H groups in total. The maximum absolute atomic E-state index is 12.7. The van der Waals surface area contributed by atoms with Gasteiger partial charge in [-0.1, -0.05) is 36.4 Å². The zero-order chi connectivity index (χ0) is 16.1. The fourth-order valence-corrected chi connectivity index (χ4v) is 5.33. The largest absolute Gasteiger partial charge is 0.459 e. The lowest BCUT2D eigenvalue weighted by atomic mass is 9.80. The lowest BCUT2D eigenvalue weighted by Crippen LogP contribution is -2.47. The van der Waals surface area contributed by atoms with Gasteiger partial charge in [-0.3, -0.25) is 4.79 Å². The number of fused-ring (bicyclic) bond motifs is 2. The van der Waals surface area contributed by atoms with Crippen molar-refractivity contribution >= 4 is 5.97 Å². The molecular weight excluding hydrogens is 300 g/mol. The summed E-state index contributed by atoms with van der Waals surface area (Å²) >= 11 is 0. The van der Waals surface area contributed by atoms with Gasteiger partial charge in [0.15, 0.2) is 0 Å². The van der Waals surface area contributed by atoms with Gasteiger partial charge in [-0.05, 0) is 49.7 Å². The molecule has 3 nitrogen and oxygen atoms in total. The molecule has 4 aliphatic rings. The van der Waals surface area contributed by atoms with E-state index in [0.717, 1.165) is 45.1 Å². The van der Waals surface area contributed by atoms with Gasteiger partial charge in [0, 0.05) is 11.3 Å². The number of benzene rings is 1. The van der Waals surface area contributed by atoms with Crippen molar-refractivity contribution < 1.29 is 14.3 Å². The van der Waals surface area contributed by atoms with Crippen molar-refractivity contribution in [3.63, 3.8) is 0 Å². The molecule has 1 aromatic rings. The highest BCUT2D eigenvalue weighted by atomic mass is 16.6. The second kappa shape index (κ2) is 5.45. The van der Waals surface area contributed by atoms with Crippen LogP contribution in [0.5, 0.6) is 0 Å². The van der Waals surface area contributed by atoms with Crippen molar-refractivity contribution in [3.05, 3.63) is 47.5 Å². The lowest BCUT2D eigenvalue weighted by Gasteiger charge is -2.37. The van der Waals surface area contributed by atoms with Crippen LogP contribution in [0.15, 0.2) is 36.4 Å². The minimum absolute atomic E-state index is 0.00386. The Morgan fingerprint density at radius 3 is 2.58 bits per heavy atom. The van der Waals surface area contributed by atoms with E-state index < -0.39 is 0 Å². The third-order valence-corrected chi connectivity index (χ3v) is 6.59. The Bertz CT molecular complexity index is 667. The highest BCUT2D eigenvalue weighted by molar-refractivity contribution is 5.73. The van der Waals surface area contributed by atoms with Gasteiger partial charge >= 0.3 is 5.97 Å². The monoisotopic (exact) mass is 324 g/mol. The van der Waals surface area contributed by atoms with Crippen molar-refractivity contribution in [2.45, 2.75) is 50.7 Å². The molecule has 0 radical (unpaired) electrons. The van der Waals surface area contributed by atoms with E-state index in [1.165, 1.54) is 11.1 Å². The number of esters is 1. The minimum Gasteiger partial charge on any atom is -0.459 e. The summed E-state index contributed by atoms with van der Waals surface area (Å²) in [6.07, 6.45) is 10.3. The van der Waals surface area contributed by atoms with Gasteiger partial charge in [-0.2, -0.15) is 0 Å². The molecule has 5 rings (SSSR count). The Kier molecular flexibility index (Phi) is 3.34. The van der Waals surface area contributed by atoms with Gasteiger partial charge in [0.1, 0.15) is 12.2 Å². The Labute approximate surface area is 143 Å². The van der Waals surface area contributed by atoms with Crippen LogP contribution >= 0.6 is 0 Å². The molecule has 24 heavy (non-hydrogen) atoms. The van der Waals surface area contributed by atoms with Crippen LogP contribution in [0.3, 0.4) is 0 Å². The topological polar surface area (TPSA) is 35.5 Å². The Morgan fingerprint density at radius 1 is 1.17 bits per heavy atom. The molecule has 4 atom stereocenters. The number of rotatable bonds is 2. The average Bonchev–Trinajstić information content (AvgIpc) is 3.06. The highest BCUT2D eigenvalue weighted by Crippen LogP contribution is 2.56. The van der Waals surface area contributed by atoms with Gasteiger partial charge in [0.2, 0.25) is 0 Å². The van der Waals surface area contributed by atoms with E-state index in [4.69, 9.17) is 9.47 Å². The number of hydrogen-bond donors (Lipinski definition) is 0. The van der Waals surface area contributed by atoms with Crippen LogP contribution in [0.25, 0.3) is 0 Å². The predicted octanol–water partition coefficient (Wildman–Crippen LogP) is 3.46. The van der Waals surface area contributed by atoms with Crippen LogP contribution in [0, 0.1) is 17.3 Å². The molecule has 1 heterocycles. The zero-order valence-corrected chi connectivity index (χ0v) is 13.9. The first kappa shape index (κ1) is 14.7. The normalized spacial score (nSPS) is 35.3. The maximum atomic E-state index is 12.7. The molecular formula is C21H24O3. The molecule has 3 heteroatoms. The first-order valence-electron chi connectivity index (χ1n) is 9.29. The summed E-state index contributed by atoms with van der Waals surface area (Å²) in [5.74, 6) is 0.606. The maximum Gasteiger partial charge on any atom is 0.309 e. The quantitative estimate of drug-likeness (QED) is 0.617. The number of hydrogen-bond acceptors (Lipinski definition) is 3. The number of ether oxygens (including phenoxy) is 2. The van der Waals surface area contributed by atoms with Crippen LogP contribution < -0.4 is 0 Å². The van der Waals surface area contributed by atoms with Crippen LogP contribution in [0.2, 0.25) is 0 Å². The summed E-state index contributed by atoms with van der Waals surface area (Å²) in [4.78, 5) is 12.7. The summed E-state index contributed by atoms with van der Waals surface area (Å²) in [5, 5.41) is 0. The molecule has 0 amide bonds. The molecule has 1 spiro atoms. The van der Waals surface area contributed by atoms with Gasteiger partial charge < -0.3 is 9.47 Å². The fraction of sp³-hybridized carbons (Fsp3) is 0.571. The minimum atomic E-state index is -0.0675. The second-order valence-corrected chi connectivity index (χ2v) is 8.09. The van der Waals surface area contributed by atoms with E-state index >= 15 is 0 Å².